The number of hydrogen-bond acceptors (Lipinski definition) is 2. The minimum Gasteiger partial charge on any atom is -0.351 e. The van der Waals surface area contributed by atoms with Crippen LogP contribution in [0.15, 0.2) is 36.9 Å². The van der Waals surface area contributed by atoms with Crippen LogP contribution in [0.4, 0.5) is 0 Å². The summed E-state index contributed by atoms with van der Waals surface area (Å²) in [6, 6.07) is 7.41. The second kappa shape index (κ2) is 7.19. The molecule has 0 aliphatic carbocycles. The van der Waals surface area contributed by atoms with Gasteiger partial charge in [-0.25, -0.2) is 0 Å². The lowest BCUT2D eigenvalue weighted by Gasteiger charge is -2.19. The van der Waals surface area contributed by atoms with Gasteiger partial charge in [-0.05, 0) is 31.5 Å². The summed E-state index contributed by atoms with van der Waals surface area (Å²) in [5.41, 5.74) is 1.06. The predicted molar refractivity (Wildman–Crippen MR) is 75.7 cm³/mol. The Morgan fingerprint density at radius 2 is 2.22 bits per heavy atom. The third-order valence-electron chi connectivity index (χ3n) is 2.66. The average molecular weight is 267 g/mol. The molecular weight excluding hydrogens is 248 g/mol. The van der Waals surface area contributed by atoms with Gasteiger partial charge in [0.15, 0.2) is 0 Å². The fourth-order valence-corrected chi connectivity index (χ4v) is 1.85. The molecule has 2 atom stereocenters. The molecule has 1 amide bonds. The second-order valence-corrected chi connectivity index (χ2v) is 4.64. The molecule has 0 heterocycles. The molecule has 0 saturated carbocycles. The van der Waals surface area contributed by atoms with Gasteiger partial charge in [0.05, 0.1) is 6.04 Å². The Morgan fingerprint density at radius 3 is 2.83 bits per heavy atom. The first-order valence-corrected chi connectivity index (χ1v) is 6.32. The highest BCUT2D eigenvalue weighted by molar-refractivity contribution is 6.30. The van der Waals surface area contributed by atoms with Crippen LogP contribution < -0.4 is 10.6 Å². The minimum atomic E-state index is -0.265. The van der Waals surface area contributed by atoms with E-state index in [2.05, 4.69) is 17.2 Å². The lowest BCUT2D eigenvalue weighted by molar-refractivity contribution is -0.122. The summed E-state index contributed by atoms with van der Waals surface area (Å²) in [5.74, 6) is -0.0382. The highest BCUT2D eigenvalue weighted by Gasteiger charge is 2.15. The number of benzene rings is 1. The maximum Gasteiger partial charge on any atom is 0.237 e. The van der Waals surface area contributed by atoms with E-state index in [0.29, 0.717) is 11.6 Å². The molecule has 1 unspecified atom stereocenters. The Balaban J connectivity index is 2.56. The molecule has 98 valence electrons. The van der Waals surface area contributed by atoms with Crippen LogP contribution in [0.3, 0.4) is 0 Å². The van der Waals surface area contributed by atoms with Crippen molar-refractivity contribution < 1.29 is 4.79 Å². The fraction of sp³-hybridized carbons (Fsp3) is 0.357. The normalized spacial score (nSPS) is 13.7. The largest absolute Gasteiger partial charge is 0.351 e. The molecule has 1 aromatic rings. The van der Waals surface area contributed by atoms with Crippen molar-refractivity contribution in [2.45, 2.75) is 25.9 Å². The van der Waals surface area contributed by atoms with E-state index < -0.39 is 0 Å². The van der Waals surface area contributed by atoms with Crippen molar-refractivity contribution in [3.05, 3.63) is 47.5 Å². The lowest BCUT2D eigenvalue weighted by Crippen LogP contribution is -2.43. The molecule has 2 N–H and O–H groups in total. The number of carbonyl (C=O) groups is 1. The van der Waals surface area contributed by atoms with Crippen LogP contribution in [-0.4, -0.2) is 18.5 Å². The van der Waals surface area contributed by atoms with Crippen LogP contribution in [0.1, 0.15) is 25.5 Å². The van der Waals surface area contributed by atoms with E-state index in [9.17, 15) is 4.79 Å². The highest BCUT2D eigenvalue weighted by atomic mass is 35.5. The summed E-state index contributed by atoms with van der Waals surface area (Å²) in [7, 11) is 0. The molecule has 0 bridgehead atoms. The van der Waals surface area contributed by atoms with Crippen LogP contribution in [-0.2, 0) is 4.79 Å². The third kappa shape index (κ3) is 4.51. The molecular formula is C14H19ClN2O. The summed E-state index contributed by atoms with van der Waals surface area (Å²) in [4.78, 5) is 11.7. The number of nitrogens with one attached hydrogen (secondary N) is 2. The van der Waals surface area contributed by atoms with Gasteiger partial charge in [0.2, 0.25) is 5.91 Å². The summed E-state index contributed by atoms with van der Waals surface area (Å²) in [5, 5.41) is 6.68. The smallest absolute Gasteiger partial charge is 0.237 e. The van der Waals surface area contributed by atoms with Crippen molar-refractivity contribution in [2.75, 3.05) is 6.54 Å². The first-order valence-electron chi connectivity index (χ1n) is 5.94. The van der Waals surface area contributed by atoms with Gasteiger partial charge in [-0.2, -0.15) is 0 Å². The molecule has 18 heavy (non-hydrogen) atoms. The quantitative estimate of drug-likeness (QED) is 0.778. The molecule has 0 saturated heterocycles. The van der Waals surface area contributed by atoms with E-state index >= 15 is 0 Å². The van der Waals surface area contributed by atoms with Gasteiger partial charge in [-0.1, -0.05) is 29.8 Å². The van der Waals surface area contributed by atoms with Crippen molar-refractivity contribution >= 4 is 17.5 Å². The molecule has 0 aliphatic heterocycles. The number of hydrogen-bond donors (Lipinski definition) is 2. The summed E-state index contributed by atoms with van der Waals surface area (Å²) in [6.45, 7) is 7.88. The van der Waals surface area contributed by atoms with Gasteiger partial charge in [0.1, 0.15) is 0 Å². The van der Waals surface area contributed by atoms with Crippen molar-refractivity contribution in [2.24, 2.45) is 0 Å². The zero-order valence-electron chi connectivity index (χ0n) is 10.7. The Hall–Kier alpha value is -1.32. The standard InChI is InChI=1S/C14H19ClN2O/c1-4-8-16-14(18)11(3)17-10(2)12-6-5-7-13(15)9-12/h4-7,9-11,17H,1,8H2,2-3H3,(H,16,18)/t10-,11?/m1/s1. The fourth-order valence-electron chi connectivity index (χ4n) is 1.65. The van der Waals surface area contributed by atoms with E-state index in [1.165, 1.54) is 0 Å². The minimum absolute atomic E-state index is 0.0382. The van der Waals surface area contributed by atoms with Gasteiger partial charge >= 0.3 is 0 Å². The summed E-state index contributed by atoms with van der Waals surface area (Å²) < 4.78 is 0. The second-order valence-electron chi connectivity index (χ2n) is 4.20. The predicted octanol–water partition coefficient (Wildman–Crippen LogP) is 2.68. The Kier molecular flexibility index (Phi) is 5.89. The molecule has 1 rings (SSSR count). The summed E-state index contributed by atoms with van der Waals surface area (Å²) >= 11 is 5.94. The Bertz CT molecular complexity index is 420. The molecule has 3 nitrogen and oxygen atoms in total. The van der Waals surface area contributed by atoms with E-state index in [-0.39, 0.29) is 18.0 Å². The van der Waals surface area contributed by atoms with Crippen LogP contribution in [0.5, 0.6) is 0 Å². The summed E-state index contributed by atoms with van der Waals surface area (Å²) in [6.07, 6.45) is 1.66. The molecule has 4 heteroatoms. The molecule has 0 aromatic heterocycles. The average Bonchev–Trinajstić information content (AvgIpc) is 2.35. The zero-order valence-corrected chi connectivity index (χ0v) is 11.5. The Labute approximate surface area is 113 Å². The lowest BCUT2D eigenvalue weighted by atomic mass is 10.1. The van der Waals surface area contributed by atoms with Gasteiger partial charge in [0.25, 0.3) is 0 Å². The van der Waals surface area contributed by atoms with Crippen molar-refractivity contribution in [3.63, 3.8) is 0 Å². The third-order valence-corrected chi connectivity index (χ3v) is 2.90. The van der Waals surface area contributed by atoms with Crippen LogP contribution >= 0.6 is 11.6 Å². The first-order chi connectivity index (χ1) is 8.54. The SMILES string of the molecule is C=CCNC(=O)C(C)N[C@H](C)c1cccc(Cl)c1. The molecule has 0 aliphatic rings. The van der Waals surface area contributed by atoms with E-state index in [0.717, 1.165) is 5.56 Å². The highest BCUT2D eigenvalue weighted by Crippen LogP contribution is 2.17. The van der Waals surface area contributed by atoms with Crippen molar-refractivity contribution in [3.8, 4) is 0 Å². The molecule has 0 spiro atoms. The molecule has 1 aromatic carbocycles. The van der Waals surface area contributed by atoms with E-state index in [1.807, 2.05) is 38.1 Å². The number of rotatable bonds is 6. The van der Waals surface area contributed by atoms with E-state index in [1.54, 1.807) is 6.08 Å². The van der Waals surface area contributed by atoms with Crippen molar-refractivity contribution in [1.29, 1.82) is 0 Å². The number of amides is 1. The van der Waals surface area contributed by atoms with Gasteiger partial charge in [-0.15, -0.1) is 6.58 Å². The van der Waals surface area contributed by atoms with Crippen LogP contribution in [0.25, 0.3) is 0 Å². The Morgan fingerprint density at radius 1 is 1.50 bits per heavy atom. The number of carbonyl (C=O) groups excluding carboxylic acids is 1. The maximum absolute atomic E-state index is 11.7. The van der Waals surface area contributed by atoms with E-state index in [4.69, 9.17) is 11.6 Å². The number of halogens is 1. The zero-order chi connectivity index (χ0) is 13.5. The van der Waals surface area contributed by atoms with Crippen molar-refractivity contribution in [1.82, 2.24) is 10.6 Å². The molecule has 0 radical (unpaired) electrons. The van der Waals surface area contributed by atoms with Gasteiger partial charge < -0.3 is 5.32 Å². The first kappa shape index (κ1) is 14.7. The monoisotopic (exact) mass is 266 g/mol. The van der Waals surface area contributed by atoms with Crippen LogP contribution in [0.2, 0.25) is 5.02 Å². The topological polar surface area (TPSA) is 41.1 Å². The van der Waals surface area contributed by atoms with Crippen LogP contribution in [0, 0.1) is 0 Å². The molecule has 0 fully saturated rings. The van der Waals surface area contributed by atoms with Gasteiger partial charge in [0, 0.05) is 17.6 Å². The maximum atomic E-state index is 11.7. The van der Waals surface area contributed by atoms with Gasteiger partial charge in [-0.3, -0.25) is 10.1 Å².